The van der Waals surface area contributed by atoms with Crippen LogP contribution in [0.1, 0.15) is 33.6 Å². The van der Waals surface area contributed by atoms with Crippen LogP contribution in [0.15, 0.2) is 0 Å². The van der Waals surface area contributed by atoms with Crippen molar-refractivity contribution in [3.8, 4) is 0 Å². The molecule has 5 nitrogen and oxygen atoms in total. The zero-order valence-corrected chi connectivity index (χ0v) is 9.75. The molecule has 0 aliphatic heterocycles. The Morgan fingerprint density at radius 3 is 2.53 bits per heavy atom. The van der Waals surface area contributed by atoms with Crippen molar-refractivity contribution in [1.82, 2.24) is 5.32 Å². The lowest BCUT2D eigenvalue weighted by Gasteiger charge is -2.20. The molecular formula is C10H22N2O3. The number of hydrogen-bond donors (Lipinski definition) is 3. The van der Waals surface area contributed by atoms with Crippen LogP contribution in [0.2, 0.25) is 0 Å². The van der Waals surface area contributed by atoms with E-state index in [0.717, 1.165) is 0 Å². The van der Waals surface area contributed by atoms with E-state index in [4.69, 9.17) is 10.5 Å². The second-order valence-corrected chi connectivity index (χ2v) is 4.45. The number of carbonyl (C=O) groups is 1. The van der Waals surface area contributed by atoms with Gasteiger partial charge in [0.1, 0.15) is 5.60 Å². The lowest BCUT2D eigenvalue weighted by molar-refractivity contribution is 0.0518. The fourth-order valence-corrected chi connectivity index (χ4v) is 0.992. The third kappa shape index (κ3) is 9.49. The predicted molar refractivity (Wildman–Crippen MR) is 58.5 cm³/mol. The Labute approximate surface area is 91.0 Å². The van der Waals surface area contributed by atoms with Crippen molar-refractivity contribution in [3.05, 3.63) is 0 Å². The van der Waals surface area contributed by atoms with E-state index in [2.05, 4.69) is 5.32 Å². The largest absolute Gasteiger partial charge is 0.444 e. The topological polar surface area (TPSA) is 84.6 Å². The molecule has 0 aromatic heterocycles. The van der Waals surface area contributed by atoms with Gasteiger partial charge in [-0.15, -0.1) is 0 Å². The lowest BCUT2D eigenvalue weighted by Crippen LogP contribution is -2.34. The third-order valence-corrected chi connectivity index (χ3v) is 1.65. The number of alkyl carbamates (subject to hydrolysis) is 1. The van der Waals surface area contributed by atoms with Crippen molar-refractivity contribution >= 4 is 6.09 Å². The Morgan fingerprint density at radius 2 is 2.07 bits per heavy atom. The van der Waals surface area contributed by atoms with E-state index < -0.39 is 17.8 Å². The van der Waals surface area contributed by atoms with E-state index in [0.29, 0.717) is 25.9 Å². The molecule has 1 atom stereocenters. The number of nitrogens with two attached hydrogens (primary N) is 1. The van der Waals surface area contributed by atoms with E-state index in [1.807, 2.05) is 0 Å². The van der Waals surface area contributed by atoms with Crippen LogP contribution in [-0.2, 0) is 4.74 Å². The van der Waals surface area contributed by atoms with Crippen LogP contribution in [0, 0.1) is 0 Å². The minimum Gasteiger partial charge on any atom is -0.444 e. The Balaban J connectivity index is 3.55. The number of carbonyl (C=O) groups excluding carboxylic acids is 1. The maximum atomic E-state index is 11.2. The highest BCUT2D eigenvalue weighted by Gasteiger charge is 2.15. The van der Waals surface area contributed by atoms with Crippen molar-refractivity contribution < 1.29 is 14.6 Å². The van der Waals surface area contributed by atoms with Gasteiger partial charge in [-0.1, -0.05) is 0 Å². The molecule has 0 bridgehead atoms. The Kier molecular flexibility index (Phi) is 6.27. The van der Waals surface area contributed by atoms with Gasteiger partial charge in [0.25, 0.3) is 0 Å². The number of rotatable bonds is 5. The van der Waals surface area contributed by atoms with Gasteiger partial charge in [-0.25, -0.2) is 4.79 Å². The van der Waals surface area contributed by atoms with Gasteiger partial charge in [-0.2, -0.15) is 0 Å². The van der Waals surface area contributed by atoms with Crippen LogP contribution < -0.4 is 11.1 Å². The molecule has 0 aromatic rings. The first kappa shape index (κ1) is 14.2. The van der Waals surface area contributed by atoms with Gasteiger partial charge < -0.3 is 20.9 Å². The summed E-state index contributed by atoms with van der Waals surface area (Å²) < 4.78 is 5.02. The zero-order chi connectivity index (χ0) is 11.9. The second kappa shape index (κ2) is 6.63. The summed E-state index contributed by atoms with van der Waals surface area (Å²) in [7, 11) is 0. The molecule has 90 valence electrons. The van der Waals surface area contributed by atoms with E-state index in [-0.39, 0.29) is 0 Å². The van der Waals surface area contributed by atoms with Crippen molar-refractivity contribution in [2.45, 2.75) is 45.3 Å². The smallest absolute Gasteiger partial charge is 0.407 e. The Morgan fingerprint density at radius 1 is 1.47 bits per heavy atom. The standard InChI is InChI=1S/C10H22N2O3/c1-10(2,3)15-9(14)12-7-5-8(13)4-6-11/h8,13H,4-7,11H2,1-3H3,(H,12,14). The van der Waals surface area contributed by atoms with Crippen molar-refractivity contribution in [2.24, 2.45) is 5.73 Å². The molecule has 0 fully saturated rings. The highest BCUT2D eigenvalue weighted by molar-refractivity contribution is 5.67. The van der Waals surface area contributed by atoms with Crippen LogP contribution in [0.4, 0.5) is 4.79 Å². The molecule has 0 radical (unpaired) electrons. The van der Waals surface area contributed by atoms with Crippen LogP contribution in [-0.4, -0.2) is 36.0 Å². The molecule has 0 saturated heterocycles. The highest BCUT2D eigenvalue weighted by atomic mass is 16.6. The molecule has 1 unspecified atom stereocenters. The van der Waals surface area contributed by atoms with Gasteiger partial charge >= 0.3 is 6.09 Å². The third-order valence-electron chi connectivity index (χ3n) is 1.65. The molecule has 0 spiro atoms. The summed E-state index contributed by atoms with van der Waals surface area (Å²) in [6.07, 6.45) is 0.138. The van der Waals surface area contributed by atoms with Gasteiger partial charge in [-0.05, 0) is 40.2 Å². The number of aliphatic hydroxyl groups is 1. The van der Waals surface area contributed by atoms with E-state index in [1.54, 1.807) is 20.8 Å². The maximum Gasteiger partial charge on any atom is 0.407 e. The fourth-order valence-electron chi connectivity index (χ4n) is 0.992. The molecule has 4 N–H and O–H groups in total. The summed E-state index contributed by atoms with van der Waals surface area (Å²) in [4.78, 5) is 11.2. The van der Waals surface area contributed by atoms with Gasteiger partial charge in [-0.3, -0.25) is 0 Å². The molecule has 0 aliphatic rings. The average Bonchev–Trinajstić information content (AvgIpc) is 2.00. The first-order valence-electron chi connectivity index (χ1n) is 5.20. The van der Waals surface area contributed by atoms with Gasteiger partial charge in [0.05, 0.1) is 6.10 Å². The van der Waals surface area contributed by atoms with E-state index in [1.165, 1.54) is 0 Å². The van der Waals surface area contributed by atoms with E-state index >= 15 is 0 Å². The number of nitrogens with one attached hydrogen (secondary N) is 1. The Bertz CT molecular complexity index is 190. The van der Waals surface area contributed by atoms with Gasteiger partial charge in [0.2, 0.25) is 0 Å². The number of aliphatic hydroxyl groups excluding tert-OH is 1. The summed E-state index contributed by atoms with van der Waals surface area (Å²) in [6, 6.07) is 0. The molecule has 1 amide bonds. The molecule has 0 saturated carbocycles. The number of amides is 1. The summed E-state index contributed by atoms with van der Waals surface area (Å²) in [6.45, 7) is 6.26. The Hall–Kier alpha value is -0.810. The first-order valence-corrected chi connectivity index (χ1v) is 5.20. The van der Waals surface area contributed by atoms with Crippen molar-refractivity contribution in [3.63, 3.8) is 0 Å². The molecule has 0 aliphatic carbocycles. The monoisotopic (exact) mass is 218 g/mol. The quantitative estimate of drug-likeness (QED) is 0.631. The van der Waals surface area contributed by atoms with Crippen molar-refractivity contribution in [2.75, 3.05) is 13.1 Å². The normalized spacial score (nSPS) is 13.4. The predicted octanol–water partition coefficient (Wildman–Crippen LogP) is 0.611. The SMILES string of the molecule is CC(C)(C)OC(=O)NCCC(O)CCN. The van der Waals surface area contributed by atoms with Crippen LogP contribution >= 0.6 is 0 Å². The molecule has 15 heavy (non-hydrogen) atoms. The van der Waals surface area contributed by atoms with Crippen LogP contribution in [0.5, 0.6) is 0 Å². The first-order chi connectivity index (χ1) is 6.85. The molecule has 0 heterocycles. The molecule has 0 rings (SSSR count). The number of hydrogen-bond acceptors (Lipinski definition) is 4. The highest BCUT2D eigenvalue weighted by Crippen LogP contribution is 2.06. The van der Waals surface area contributed by atoms with Gasteiger partial charge in [0, 0.05) is 6.54 Å². The maximum absolute atomic E-state index is 11.2. The minimum atomic E-state index is -0.486. The summed E-state index contributed by atoms with van der Waals surface area (Å²) in [5.41, 5.74) is 4.79. The average molecular weight is 218 g/mol. The molecule has 5 heteroatoms. The van der Waals surface area contributed by atoms with Crippen LogP contribution in [0.3, 0.4) is 0 Å². The minimum absolute atomic E-state index is 0.399. The molecular weight excluding hydrogens is 196 g/mol. The lowest BCUT2D eigenvalue weighted by atomic mass is 10.2. The van der Waals surface area contributed by atoms with Gasteiger partial charge in [0.15, 0.2) is 0 Å². The number of ether oxygens (including phenoxy) is 1. The van der Waals surface area contributed by atoms with Crippen LogP contribution in [0.25, 0.3) is 0 Å². The fraction of sp³-hybridized carbons (Fsp3) is 0.900. The zero-order valence-electron chi connectivity index (χ0n) is 9.75. The molecule has 0 aromatic carbocycles. The van der Waals surface area contributed by atoms with E-state index in [9.17, 15) is 9.90 Å². The summed E-state index contributed by atoms with van der Waals surface area (Å²) >= 11 is 0. The summed E-state index contributed by atoms with van der Waals surface area (Å²) in [5, 5.41) is 11.9. The summed E-state index contributed by atoms with van der Waals surface area (Å²) in [5.74, 6) is 0. The van der Waals surface area contributed by atoms with Crippen molar-refractivity contribution in [1.29, 1.82) is 0 Å². The second-order valence-electron chi connectivity index (χ2n) is 4.45.